The first-order chi connectivity index (χ1) is 31.0. The Morgan fingerprint density at radius 2 is 1.31 bits per heavy atom. The number of carbonyl (C=O) groups excluding carboxylic acids is 3. The van der Waals surface area contributed by atoms with Gasteiger partial charge in [0.2, 0.25) is 0 Å². The molecule has 5 aromatic rings. The number of aryl methyl sites for hydroxylation is 2. The second kappa shape index (κ2) is 24.8. The highest BCUT2D eigenvalue weighted by Crippen LogP contribution is 2.25. The van der Waals surface area contributed by atoms with Gasteiger partial charge >= 0.3 is 0 Å². The molecule has 0 spiro atoms. The van der Waals surface area contributed by atoms with Crippen molar-refractivity contribution in [2.45, 2.75) is 56.7 Å². The first kappa shape index (κ1) is 49.9. The summed E-state index contributed by atoms with van der Waals surface area (Å²) in [5, 5.41) is 28.3. The molecule has 3 unspecified atom stereocenters. The molecule has 0 radical (unpaired) electrons. The second-order valence-electron chi connectivity index (χ2n) is 15.9. The summed E-state index contributed by atoms with van der Waals surface area (Å²) in [7, 11) is 0. The minimum absolute atomic E-state index is 0. The second-order valence-corrected chi connectivity index (χ2v) is 16.3. The van der Waals surface area contributed by atoms with E-state index in [1.807, 2.05) is 48.5 Å². The highest BCUT2D eigenvalue weighted by Gasteiger charge is 2.36. The van der Waals surface area contributed by atoms with E-state index in [2.05, 4.69) is 35.9 Å². The Balaban J connectivity index is 0.00000793. The van der Waals surface area contributed by atoms with E-state index in [1.54, 1.807) is 49.1 Å². The summed E-state index contributed by atoms with van der Waals surface area (Å²) in [6.07, 6.45) is 11.4. The fraction of sp³-hybridized carbons (Fsp3) is 0.370. The number of rotatable bonds is 22. The van der Waals surface area contributed by atoms with Crippen LogP contribution < -0.4 is 49.3 Å². The number of nitrogens with two attached hydrogens (primary N) is 2. The van der Waals surface area contributed by atoms with Crippen molar-refractivity contribution in [3.8, 4) is 11.5 Å². The van der Waals surface area contributed by atoms with Gasteiger partial charge in [-0.2, -0.15) is 0 Å². The van der Waals surface area contributed by atoms with Crippen LogP contribution in [0.4, 0.5) is 11.6 Å². The summed E-state index contributed by atoms with van der Waals surface area (Å²) in [4.78, 5) is 55.1. The lowest BCUT2D eigenvalue weighted by Crippen LogP contribution is -3.00. The Labute approximate surface area is 389 Å². The van der Waals surface area contributed by atoms with Crippen molar-refractivity contribution in [1.29, 1.82) is 0 Å². The summed E-state index contributed by atoms with van der Waals surface area (Å²) < 4.78 is 12.5. The third-order valence-corrected chi connectivity index (χ3v) is 11.5. The summed E-state index contributed by atoms with van der Waals surface area (Å²) in [6.45, 7) is 2.35. The number of benzene rings is 2. The van der Waals surface area contributed by atoms with Gasteiger partial charge in [-0.3, -0.25) is 24.4 Å². The average Bonchev–Trinajstić information content (AvgIpc) is 3.30. The number of carbonyl (C=O) groups is 3. The molecule has 3 atom stereocenters. The summed E-state index contributed by atoms with van der Waals surface area (Å²) >= 11 is 6.10. The molecule has 346 valence electrons. The zero-order valence-corrected chi connectivity index (χ0v) is 37.5. The van der Waals surface area contributed by atoms with Gasteiger partial charge in [0.1, 0.15) is 11.5 Å². The van der Waals surface area contributed by atoms with Crippen LogP contribution in [-0.2, 0) is 22.4 Å². The first-order valence-electron chi connectivity index (χ1n) is 21.3. The van der Waals surface area contributed by atoms with Crippen LogP contribution in [0.1, 0.15) is 70.5 Å². The number of pyridine rings is 2. The number of nitrogen functional groups attached to an aromatic ring is 2. The summed E-state index contributed by atoms with van der Waals surface area (Å²) in [5.41, 5.74) is 15.2. The van der Waals surface area contributed by atoms with Crippen LogP contribution in [0.5, 0.6) is 11.5 Å². The number of anilines is 2. The first-order valence-corrected chi connectivity index (χ1v) is 21.7. The number of halogens is 2. The number of aliphatic hydroxyl groups excluding tert-OH is 2. The number of nitrogens with one attached hydrogen (secondary N) is 3. The quantitative estimate of drug-likeness (QED) is 0.0469. The predicted octanol–water partition coefficient (Wildman–Crippen LogP) is 0.520. The summed E-state index contributed by atoms with van der Waals surface area (Å²) in [6, 6.07) is 21.1. The van der Waals surface area contributed by atoms with Crippen LogP contribution in [0, 0.1) is 0 Å². The third-order valence-electron chi connectivity index (χ3n) is 11.2. The van der Waals surface area contributed by atoms with E-state index in [4.69, 9.17) is 32.5 Å². The van der Waals surface area contributed by atoms with Crippen LogP contribution in [0.3, 0.4) is 0 Å². The Bertz CT molecular complexity index is 2200. The Morgan fingerprint density at radius 3 is 1.80 bits per heavy atom. The van der Waals surface area contributed by atoms with Crippen molar-refractivity contribution >= 4 is 41.0 Å². The fourth-order valence-electron chi connectivity index (χ4n) is 8.04. The molecule has 65 heavy (non-hydrogen) atoms. The highest BCUT2D eigenvalue weighted by atomic mass is 35.5. The number of hydrogen-bond acceptors (Lipinski definition) is 13. The van der Waals surface area contributed by atoms with Crippen LogP contribution in [0.25, 0.3) is 0 Å². The number of piperidine rings is 1. The lowest BCUT2D eigenvalue weighted by molar-refractivity contribution is -0.933. The van der Waals surface area contributed by atoms with Gasteiger partial charge in [-0.05, 0) is 84.3 Å². The van der Waals surface area contributed by atoms with Crippen molar-refractivity contribution in [2.75, 3.05) is 64.1 Å². The van der Waals surface area contributed by atoms with Gasteiger partial charge in [-0.1, -0.05) is 48.0 Å². The molecule has 0 bridgehead atoms. The van der Waals surface area contributed by atoms with Gasteiger partial charge in [0.15, 0.2) is 35.7 Å². The Hall–Kier alpha value is -6.11. The number of quaternary nitrogens is 1. The van der Waals surface area contributed by atoms with Gasteiger partial charge in [0, 0.05) is 37.6 Å². The fourth-order valence-corrected chi connectivity index (χ4v) is 8.17. The van der Waals surface area contributed by atoms with E-state index in [9.17, 15) is 24.6 Å². The third kappa shape index (κ3) is 15.0. The van der Waals surface area contributed by atoms with E-state index in [1.165, 1.54) is 0 Å². The molecule has 2 aromatic carbocycles. The molecular weight excluding hydrogens is 875 g/mol. The topological polar surface area (TPSA) is 250 Å². The van der Waals surface area contributed by atoms with E-state index in [-0.39, 0.29) is 79.2 Å². The molecule has 6 rings (SSSR count). The van der Waals surface area contributed by atoms with Gasteiger partial charge in [0.25, 0.3) is 17.7 Å². The number of hydrogen-bond donors (Lipinski definition) is 7. The molecule has 3 amide bonds. The molecule has 19 heteroatoms. The number of aromatic nitrogens is 4. The van der Waals surface area contributed by atoms with Crippen molar-refractivity contribution in [1.82, 2.24) is 35.9 Å². The number of nitrogens with zero attached hydrogens (tertiary/aromatic N) is 5. The van der Waals surface area contributed by atoms with E-state index >= 15 is 0 Å². The largest absolute Gasteiger partial charge is 1.00 e. The van der Waals surface area contributed by atoms with Crippen LogP contribution >= 0.6 is 11.6 Å². The molecule has 1 saturated heterocycles. The van der Waals surface area contributed by atoms with E-state index in [0.29, 0.717) is 29.2 Å². The van der Waals surface area contributed by atoms with Crippen molar-refractivity contribution in [2.24, 2.45) is 0 Å². The van der Waals surface area contributed by atoms with Crippen molar-refractivity contribution in [3.63, 3.8) is 0 Å². The molecule has 1 aliphatic rings. The van der Waals surface area contributed by atoms with Crippen LogP contribution in [0.15, 0.2) is 97.6 Å². The van der Waals surface area contributed by atoms with E-state index in [0.717, 1.165) is 73.8 Å². The van der Waals surface area contributed by atoms with Crippen LogP contribution in [0.2, 0.25) is 5.15 Å². The lowest BCUT2D eigenvalue weighted by atomic mass is 9.99. The van der Waals surface area contributed by atoms with Gasteiger partial charge < -0.3 is 64.0 Å². The standard InChI is InChI=1S/C46H55ClN10O7.ClH/c47-43-45(49)56-44(48)42(55-43)46(62)52-35-14-7-21-57(26-35,19-5-10-31-8-1-15-36(22-31)63-29-40(60)53-38(27-58)33-12-3-17-50-24-33)20-6-11-32-9-2-16-37(23-32)64-30-41(61)54-39(28-59)34-13-4-18-51-25-34;/h1-4,8-9,12-13,15-18,22-25,35,38-39,58-59H,5-7,10-11,14,19-21,26-30H2,(H6-,48,49,52,53,54,56,60,61,62);1H. The van der Waals surface area contributed by atoms with Gasteiger partial charge in [0.05, 0.1) is 57.5 Å². The molecule has 1 aliphatic heterocycles. The van der Waals surface area contributed by atoms with Crippen LogP contribution in [-0.4, -0.2) is 111 Å². The molecule has 0 saturated carbocycles. The minimum atomic E-state index is -0.591. The molecule has 4 heterocycles. The lowest BCUT2D eigenvalue weighted by Gasteiger charge is -2.45. The van der Waals surface area contributed by atoms with Crippen molar-refractivity contribution in [3.05, 3.63) is 131 Å². The van der Waals surface area contributed by atoms with Crippen molar-refractivity contribution < 1.29 is 51.0 Å². The molecule has 9 N–H and O–H groups in total. The van der Waals surface area contributed by atoms with Gasteiger partial charge in [-0.15, -0.1) is 0 Å². The predicted molar refractivity (Wildman–Crippen MR) is 241 cm³/mol. The molecule has 3 aromatic heterocycles. The van der Waals surface area contributed by atoms with E-state index < -0.39 is 18.0 Å². The maximum Gasteiger partial charge on any atom is 0.274 e. The maximum atomic E-state index is 13.4. The number of ether oxygens (including phenoxy) is 2. The normalized spacial score (nSPS) is 16.6. The van der Waals surface area contributed by atoms with Gasteiger partial charge in [-0.25, -0.2) is 9.97 Å². The average molecular weight is 932 g/mol. The number of aliphatic hydroxyl groups is 2. The number of likely N-dealkylation sites (tertiary alicyclic amines) is 1. The molecule has 17 nitrogen and oxygen atoms in total. The minimum Gasteiger partial charge on any atom is -1.00 e. The molecular formula is C46H56Cl2N10O7. The zero-order chi connectivity index (χ0) is 45.3. The molecule has 0 aliphatic carbocycles. The number of amides is 3. The Kier molecular flexibility index (Phi) is 19.1. The monoisotopic (exact) mass is 930 g/mol. The Morgan fingerprint density at radius 1 is 0.769 bits per heavy atom. The summed E-state index contributed by atoms with van der Waals surface area (Å²) in [5.74, 6) is -0.191. The highest BCUT2D eigenvalue weighted by molar-refractivity contribution is 6.31. The molecule has 1 fully saturated rings. The SMILES string of the molecule is Nc1nc(N)c(C(=O)NC2CCC[N+](CCCc3cccc(OCC(=O)NC(CO)c4cccnc4)c3)(CCCc3cccc(OCC(=O)NC(CO)c4cccnc4)c3)C2)nc1Cl.[Cl-]. The zero-order valence-electron chi connectivity index (χ0n) is 36.0. The smallest absolute Gasteiger partial charge is 0.274 e. The maximum absolute atomic E-state index is 13.4.